The van der Waals surface area contributed by atoms with Crippen LogP contribution in [0.2, 0.25) is 0 Å². The minimum atomic E-state index is -0.0215. The average Bonchev–Trinajstić information content (AvgIpc) is 2.81. The van der Waals surface area contributed by atoms with E-state index >= 15 is 0 Å². The lowest BCUT2D eigenvalue weighted by atomic mass is 10.1. The molecule has 126 valence electrons. The Morgan fingerprint density at radius 3 is 2.78 bits per heavy atom. The van der Waals surface area contributed by atoms with Crippen LogP contribution in [0.4, 0.5) is 16.2 Å². The molecule has 23 heavy (non-hydrogen) atoms. The van der Waals surface area contributed by atoms with Crippen LogP contribution in [0.1, 0.15) is 26.2 Å². The minimum Gasteiger partial charge on any atom is -0.379 e. The van der Waals surface area contributed by atoms with Crippen molar-refractivity contribution in [2.45, 2.75) is 26.2 Å². The molecule has 1 unspecified atom stereocenters. The van der Waals surface area contributed by atoms with Gasteiger partial charge < -0.3 is 19.9 Å². The highest BCUT2D eigenvalue weighted by Crippen LogP contribution is 2.28. The van der Waals surface area contributed by atoms with Crippen LogP contribution in [0.3, 0.4) is 0 Å². The van der Waals surface area contributed by atoms with E-state index in [0.29, 0.717) is 19.1 Å². The fourth-order valence-electron chi connectivity index (χ4n) is 3.35. The molecule has 3 rings (SSSR count). The lowest BCUT2D eigenvalue weighted by Gasteiger charge is -2.31. The van der Waals surface area contributed by atoms with Crippen molar-refractivity contribution in [2.75, 3.05) is 49.6 Å². The summed E-state index contributed by atoms with van der Waals surface area (Å²) >= 11 is 0. The quantitative estimate of drug-likeness (QED) is 0.911. The number of carbonyl (C=O) groups excluding carboxylic acids is 1. The Morgan fingerprint density at radius 1 is 1.17 bits per heavy atom. The molecule has 2 aliphatic heterocycles. The molecule has 5 heteroatoms. The predicted molar refractivity (Wildman–Crippen MR) is 93.1 cm³/mol. The van der Waals surface area contributed by atoms with Crippen molar-refractivity contribution < 1.29 is 9.53 Å². The fourth-order valence-corrected chi connectivity index (χ4v) is 3.35. The van der Waals surface area contributed by atoms with Crippen molar-refractivity contribution in [3.05, 3.63) is 24.3 Å². The summed E-state index contributed by atoms with van der Waals surface area (Å²) in [7, 11) is 0. The maximum atomic E-state index is 12.6. The van der Waals surface area contributed by atoms with E-state index in [1.165, 1.54) is 19.3 Å². The molecule has 2 amide bonds. The second kappa shape index (κ2) is 7.68. The summed E-state index contributed by atoms with van der Waals surface area (Å²) in [4.78, 5) is 16.9. The first-order chi connectivity index (χ1) is 11.2. The van der Waals surface area contributed by atoms with E-state index in [9.17, 15) is 4.79 Å². The Kier molecular flexibility index (Phi) is 5.39. The van der Waals surface area contributed by atoms with Gasteiger partial charge in [-0.1, -0.05) is 19.1 Å². The van der Waals surface area contributed by atoms with E-state index in [4.69, 9.17) is 4.74 Å². The predicted octanol–water partition coefficient (Wildman–Crippen LogP) is 3.18. The topological polar surface area (TPSA) is 44.8 Å². The lowest BCUT2D eigenvalue weighted by molar-refractivity contribution is 0.127. The molecule has 0 aliphatic carbocycles. The summed E-state index contributed by atoms with van der Waals surface area (Å²) in [5, 5.41) is 3.12. The number of amides is 2. The zero-order chi connectivity index (χ0) is 16.1. The highest BCUT2D eigenvalue weighted by atomic mass is 16.5. The first-order valence-corrected chi connectivity index (χ1v) is 8.71. The van der Waals surface area contributed by atoms with Gasteiger partial charge in [-0.3, -0.25) is 0 Å². The van der Waals surface area contributed by atoms with Gasteiger partial charge in [-0.25, -0.2) is 4.79 Å². The van der Waals surface area contributed by atoms with Gasteiger partial charge in [0, 0.05) is 26.2 Å². The average molecular weight is 317 g/mol. The smallest absolute Gasteiger partial charge is 0.321 e. The standard InChI is InChI=1S/C18H27N3O2/c1-15-13-21(11-12-23-14-15)18(22)19-16-7-3-4-8-17(16)20-9-5-2-6-10-20/h3-4,7-8,15H,2,5-6,9-14H2,1H3,(H,19,22). The zero-order valence-corrected chi connectivity index (χ0v) is 14.0. The van der Waals surface area contributed by atoms with Crippen LogP contribution in [-0.4, -0.2) is 50.3 Å². The third-order valence-corrected chi connectivity index (χ3v) is 4.57. The van der Waals surface area contributed by atoms with E-state index in [1.807, 2.05) is 23.1 Å². The molecule has 0 saturated carbocycles. The Bertz CT molecular complexity index is 529. The number of ether oxygens (including phenoxy) is 1. The lowest BCUT2D eigenvalue weighted by Crippen LogP contribution is -2.39. The van der Waals surface area contributed by atoms with E-state index in [1.54, 1.807) is 0 Å². The van der Waals surface area contributed by atoms with Crippen LogP contribution in [-0.2, 0) is 4.74 Å². The number of rotatable bonds is 2. The molecular weight excluding hydrogens is 290 g/mol. The van der Waals surface area contributed by atoms with Crippen LogP contribution >= 0.6 is 0 Å². The number of para-hydroxylation sites is 2. The number of nitrogens with zero attached hydrogens (tertiary/aromatic N) is 2. The van der Waals surface area contributed by atoms with Crippen molar-refractivity contribution in [1.82, 2.24) is 4.90 Å². The van der Waals surface area contributed by atoms with Crippen LogP contribution in [0.15, 0.2) is 24.3 Å². The van der Waals surface area contributed by atoms with Gasteiger partial charge in [0.25, 0.3) is 0 Å². The van der Waals surface area contributed by atoms with Crippen LogP contribution in [0.25, 0.3) is 0 Å². The summed E-state index contributed by atoms with van der Waals surface area (Å²) in [5.41, 5.74) is 2.05. The number of hydrogen-bond acceptors (Lipinski definition) is 3. The summed E-state index contributed by atoms with van der Waals surface area (Å²) in [6, 6.07) is 8.11. The van der Waals surface area contributed by atoms with Gasteiger partial charge in [0.1, 0.15) is 0 Å². The molecule has 0 bridgehead atoms. The first kappa shape index (κ1) is 16.1. The van der Waals surface area contributed by atoms with E-state index in [2.05, 4.69) is 23.2 Å². The monoisotopic (exact) mass is 317 g/mol. The second-order valence-electron chi connectivity index (χ2n) is 6.62. The van der Waals surface area contributed by atoms with E-state index < -0.39 is 0 Å². The van der Waals surface area contributed by atoms with Gasteiger partial charge >= 0.3 is 6.03 Å². The molecule has 1 atom stereocenters. The van der Waals surface area contributed by atoms with Crippen molar-refractivity contribution in [3.8, 4) is 0 Å². The minimum absolute atomic E-state index is 0.0215. The molecule has 2 fully saturated rings. The molecule has 1 N–H and O–H groups in total. The third-order valence-electron chi connectivity index (χ3n) is 4.57. The highest BCUT2D eigenvalue weighted by Gasteiger charge is 2.21. The van der Waals surface area contributed by atoms with E-state index in [0.717, 1.165) is 37.6 Å². The fraction of sp³-hybridized carbons (Fsp3) is 0.611. The Labute approximate surface area is 138 Å². The largest absolute Gasteiger partial charge is 0.379 e. The number of piperidine rings is 1. The summed E-state index contributed by atoms with van der Waals surface area (Å²) in [5.74, 6) is 0.376. The molecule has 2 aliphatic rings. The molecule has 2 saturated heterocycles. The Morgan fingerprint density at radius 2 is 1.96 bits per heavy atom. The van der Waals surface area contributed by atoms with Gasteiger partial charge in [-0.05, 0) is 37.3 Å². The van der Waals surface area contributed by atoms with Gasteiger partial charge in [0.15, 0.2) is 0 Å². The summed E-state index contributed by atoms with van der Waals surface area (Å²) in [6.07, 6.45) is 3.75. The summed E-state index contributed by atoms with van der Waals surface area (Å²) in [6.45, 7) is 7.01. The molecule has 0 spiro atoms. The normalized spacial score (nSPS) is 22.6. The molecule has 5 nitrogen and oxygen atoms in total. The van der Waals surface area contributed by atoms with Gasteiger partial charge in [-0.15, -0.1) is 0 Å². The zero-order valence-electron chi connectivity index (χ0n) is 14.0. The molecule has 2 heterocycles. The van der Waals surface area contributed by atoms with Crippen molar-refractivity contribution >= 4 is 17.4 Å². The van der Waals surface area contributed by atoms with Crippen LogP contribution < -0.4 is 10.2 Å². The first-order valence-electron chi connectivity index (χ1n) is 8.71. The van der Waals surface area contributed by atoms with Crippen LogP contribution in [0, 0.1) is 5.92 Å². The Hall–Kier alpha value is -1.75. The Balaban J connectivity index is 1.70. The van der Waals surface area contributed by atoms with Crippen LogP contribution in [0.5, 0.6) is 0 Å². The third kappa shape index (κ3) is 4.16. The number of hydrogen-bond donors (Lipinski definition) is 1. The molecule has 0 radical (unpaired) electrons. The van der Waals surface area contributed by atoms with Gasteiger partial charge in [-0.2, -0.15) is 0 Å². The van der Waals surface area contributed by atoms with Gasteiger partial charge in [0.2, 0.25) is 0 Å². The van der Waals surface area contributed by atoms with Gasteiger partial charge in [0.05, 0.1) is 24.6 Å². The molecule has 1 aromatic rings. The molecular formula is C18H27N3O2. The summed E-state index contributed by atoms with van der Waals surface area (Å²) < 4.78 is 5.53. The second-order valence-corrected chi connectivity index (χ2v) is 6.62. The molecule has 1 aromatic carbocycles. The van der Waals surface area contributed by atoms with E-state index in [-0.39, 0.29) is 6.03 Å². The number of urea groups is 1. The molecule has 0 aromatic heterocycles. The SMILES string of the molecule is CC1COCCN(C(=O)Nc2ccccc2N2CCCCC2)C1. The highest BCUT2D eigenvalue weighted by molar-refractivity contribution is 5.93. The van der Waals surface area contributed by atoms with Crippen molar-refractivity contribution in [2.24, 2.45) is 5.92 Å². The number of carbonyl (C=O) groups is 1. The maximum Gasteiger partial charge on any atom is 0.321 e. The van der Waals surface area contributed by atoms with Crippen molar-refractivity contribution in [3.63, 3.8) is 0 Å². The number of anilines is 2. The maximum absolute atomic E-state index is 12.6. The van der Waals surface area contributed by atoms with Crippen molar-refractivity contribution in [1.29, 1.82) is 0 Å². The number of benzene rings is 1. The number of nitrogens with one attached hydrogen (secondary N) is 1.